The highest BCUT2D eigenvalue weighted by Crippen LogP contribution is 2.28. The molecule has 0 unspecified atom stereocenters. The van der Waals surface area contributed by atoms with Gasteiger partial charge in [0.25, 0.3) is 5.56 Å². The van der Waals surface area contributed by atoms with E-state index in [0.29, 0.717) is 23.8 Å². The van der Waals surface area contributed by atoms with Crippen molar-refractivity contribution < 1.29 is 4.74 Å². The Morgan fingerprint density at radius 1 is 1.35 bits per heavy atom. The molecule has 0 atom stereocenters. The molecule has 1 aliphatic carbocycles. The highest BCUT2D eigenvalue weighted by Gasteiger charge is 2.21. The average Bonchev–Trinajstić information content (AvgIpc) is 2.28. The van der Waals surface area contributed by atoms with Crippen molar-refractivity contribution in [2.45, 2.75) is 39.5 Å². The van der Waals surface area contributed by atoms with Gasteiger partial charge in [-0.3, -0.25) is 9.78 Å². The Balaban J connectivity index is 2.65. The third kappa shape index (κ3) is 2.12. The summed E-state index contributed by atoms with van der Waals surface area (Å²) in [7, 11) is 0. The Morgan fingerprint density at radius 2 is 2.00 bits per heavy atom. The van der Waals surface area contributed by atoms with Crippen LogP contribution in [0.4, 0.5) is 0 Å². The number of hydrogen-bond donors (Lipinski definition) is 2. The molecule has 0 amide bonds. The van der Waals surface area contributed by atoms with Gasteiger partial charge in [0.15, 0.2) is 5.88 Å². The summed E-state index contributed by atoms with van der Waals surface area (Å²) in [6, 6.07) is 0. The lowest BCUT2D eigenvalue weighted by atomic mass is 9.88. The highest BCUT2D eigenvalue weighted by molar-refractivity contribution is 5.97. The van der Waals surface area contributed by atoms with Gasteiger partial charge in [-0.05, 0) is 45.1 Å². The monoisotopic (exact) mass is 234 g/mol. The summed E-state index contributed by atoms with van der Waals surface area (Å²) in [5.74, 6) is 0.609. The fraction of sp³-hybridized carbons (Fsp3) is 0.538. The van der Waals surface area contributed by atoms with E-state index in [0.717, 1.165) is 36.8 Å². The van der Waals surface area contributed by atoms with Gasteiger partial charge in [-0.2, -0.15) is 0 Å². The molecule has 0 aromatic carbocycles. The number of H-pyrrole nitrogens is 1. The summed E-state index contributed by atoms with van der Waals surface area (Å²) < 4.78 is 5.49. The highest BCUT2D eigenvalue weighted by atomic mass is 16.5. The van der Waals surface area contributed by atoms with E-state index in [1.54, 1.807) is 6.92 Å². The summed E-state index contributed by atoms with van der Waals surface area (Å²) in [4.78, 5) is 14.7. The average molecular weight is 234 g/mol. The molecule has 1 heterocycles. The van der Waals surface area contributed by atoms with Crippen molar-refractivity contribution in [3.8, 4) is 5.88 Å². The van der Waals surface area contributed by atoms with Gasteiger partial charge < -0.3 is 10.1 Å². The molecule has 0 bridgehead atoms. The van der Waals surface area contributed by atoms with E-state index >= 15 is 0 Å². The van der Waals surface area contributed by atoms with Crippen molar-refractivity contribution in [1.82, 2.24) is 4.98 Å². The Morgan fingerprint density at radius 3 is 2.59 bits per heavy atom. The van der Waals surface area contributed by atoms with Crippen LogP contribution in [0.3, 0.4) is 0 Å². The van der Waals surface area contributed by atoms with Crippen molar-refractivity contribution in [2.24, 2.45) is 0 Å². The number of ether oxygens (including phenoxy) is 1. The van der Waals surface area contributed by atoms with Crippen LogP contribution in [0.5, 0.6) is 5.88 Å². The molecule has 2 rings (SSSR count). The van der Waals surface area contributed by atoms with E-state index in [9.17, 15) is 4.79 Å². The van der Waals surface area contributed by atoms with Gasteiger partial charge in [-0.25, -0.2) is 0 Å². The van der Waals surface area contributed by atoms with Crippen molar-refractivity contribution in [3.63, 3.8) is 0 Å². The van der Waals surface area contributed by atoms with Crippen LogP contribution < -0.4 is 10.3 Å². The van der Waals surface area contributed by atoms with Gasteiger partial charge in [0, 0.05) is 11.3 Å². The van der Waals surface area contributed by atoms with E-state index < -0.39 is 0 Å². The standard InChI is InChI=1S/C13H18N2O2/c1-3-17-13-10-7-5-4-6-9(10)11(8(2)14)12(16)15-13/h14H,3-7H2,1-2H3,(H,15,16). The second-order valence-corrected chi connectivity index (χ2v) is 4.38. The Bertz CT molecular complexity index is 503. The maximum Gasteiger partial charge on any atom is 0.260 e. The van der Waals surface area contributed by atoms with Gasteiger partial charge >= 0.3 is 0 Å². The fourth-order valence-corrected chi connectivity index (χ4v) is 2.47. The molecule has 0 radical (unpaired) electrons. The third-order valence-electron chi connectivity index (χ3n) is 3.16. The maximum absolute atomic E-state index is 12.0. The molecule has 1 aliphatic rings. The SMILES string of the molecule is CCOc1[nH]c(=O)c(C(C)=N)c2c1CCCC2. The predicted octanol–water partition coefficient (Wildman–Crippen LogP) is 2.04. The number of hydrogen-bond acceptors (Lipinski definition) is 3. The van der Waals surface area contributed by atoms with Gasteiger partial charge in [0.2, 0.25) is 0 Å². The Hall–Kier alpha value is -1.58. The van der Waals surface area contributed by atoms with Crippen LogP contribution in [0.25, 0.3) is 0 Å². The normalized spacial score (nSPS) is 14.2. The zero-order chi connectivity index (χ0) is 12.4. The minimum Gasteiger partial charge on any atom is -0.479 e. The summed E-state index contributed by atoms with van der Waals surface area (Å²) in [5.41, 5.74) is 2.81. The van der Waals surface area contributed by atoms with Crippen LogP contribution in [0, 0.1) is 5.41 Å². The quantitative estimate of drug-likeness (QED) is 0.786. The van der Waals surface area contributed by atoms with E-state index in [4.69, 9.17) is 10.1 Å². The molecule has 0 fully saturated rings. The van der Waals surface area contributed by atoms with Crippen molar-refractivity contribution in [3.05, 3.63) is 27.0 Å². The van der Waals surface area contributed by atoms with E-state index in [1.165, 1.54) is 0 Å². The first-order valence-electron chi connectivity index (χ1n) is 6.11. The largest absolute Gasteiger partial charge is 0.479 e. The number of aromatic nitrogens is 1. The van der Waals surface area contributed by atoms with Crippen LogP contribution >= 0.6 is 0 Å². The van der Waals surface area contributed by atoms with Crippen LogP contribution in [0.2, 0.25) is 0 Å². The van der Waals surface area contributed by atoms with Crippen molar-refractivity contribution >= 4 is 5.71 Å². The second kappa shape index (κ2) is 4.73. The maximum atomic E-state index is 12.0. The fourth-order valence-electron chi connectivity index (χ4n) is 2.47. The molecule has 4 heteroatoms. The van der Waals surface area contributed by atoms with E-state index in [-0.39, 0.29) is 5.56 Å². The molecular weight excluding hydrogens is 216 g/mol. The van der Waals surface area contributed by atoms with Crippen LogP contribution in [0.1, 0.15) is 43.4 Å². The first-order chi connectivity index (χ1) is 8.15. The molecule has 92 valence electrons. The first-order valence-corrected chi connectivity index (χ1v) is 6.11. The summed E-state index contributed by atoms with van der Waals surface area (Å²) in [6.45, 7) is 4.12. The van der Waals surface area contributed by atoms with Gasteiger partial charge in [-0.15, -0.1) is 0 Å². The number of aromatic amines is 1. The van der Waals surface area contributed by atoms with Crippen molar-refractivity contribution in [1.29, 1.82) is 5.41 Å². The number of nitrogens with one attached hydrogen (secondary N) is 2. The van der Waals surface area contributed by atoms with Gasteiger partial charge in [0.05, 0.1) is 12.2 Å². The molecule has 1 aromatic rings. The van der Waals surface area contributed by atoms with Gasteiger partial charge in [-0.1, -0.05) is 0 Å². The summed E-state index contributed by atoms with van der Waals surface area (Å²) >= 11 is 0. The second-order valence-electron chi connectivity index (χ2n) is 4.38. The number of rotatable bonds is 3. The van der Waals surface area contributed by atoms with Crippen LogP contribution in [-0.2, 0) is 12.8 Å². The zero-order valence-corrected chi connectivity index (χ0v) is 10.4. The van der Waals surface area contributed by atoms with E-state index in [1.807, 2.05) is 6.92 Å². The molecule has 4 nitrogen and oxygen atoms in total. The van der Waals surface area contributed by atoms with Crippen LogP contribution in [-0.4, -0.2) is 17.3 Å². The summed E-state index contributed by atoms with van der Waals surface area (Å²) in [5, 5.41) is 7.73. The summed E-state index contributed by atoms with van der Waals surface area (Å²) in [6.07, 6.45) is 4.02. The molecule has 0 aliphatic heterocycles. The minimum atomic E-state index is -0.193. The Labute approximate surface area is 101 Å². The molecule has 0 spiro atoms. The molecular formula is C13H18N2O2. The lowest BCUT2D eigenvalue weighted by Gasteiger charge is -2.21. The van der Waals surface area contributed by atoms with Crippen LogP contribution in [0.15, 0.2) is 4.79 Å². The first kappa shape index (κ1) is 11.9. The number of pyridine rings is 1. The topological polar surface area (TPSA) is 65.9 Å². The van der Waals surface area contributed by atoms with Gasteiger partial charge in [0.1, 0.15) is 0 Å². The lowest BCUT2D eigenvalue weighted by Crippen LogP contribution is -2.24. The predicted molar refractivity (Wildman–Crippen MR) is 67.4 cm³/mol. The molecule has 17 heavy (non-hydrogen) atoms. The number of fused-ring (bicyclic) bond motifs is 1. The molecule has 2 N–H and O–H groups in total. The zero-order valence-electron chi connectivity index (χ0n) is 10.4. The lowest BCUT2D eigenvalue weighted by molar-refractivity contribution is 0.320. The molecule has 1 aromatic heterocycles. The smallest absolute Gasteiger partial charge is 0.260 e. The van der Waals surface area contributed by atoms with E-state index in [2.05, 4.69) is 4.98 Å². The Kier molecular flexibility index (Phi) is 3.31. The third-order valence-corrected chi connectivity index (χ3v) is 3.16. The minimum absolute atomic E-state index is 0.193. The van der Waals surface area contributed by atoms with Crippen molar-refractivity contribution in [2.75, 3.05) is 6.61 Å². The molecule has 0 saturated carbocycles. The molecule has 0 saturated heterocycles.